The molecule has 1 aromatic heterocycles. The van der Waals surface area contributed by atoms with Gasteiger partial charge in [0.25, 0.3) is 5.91 Å². The number of halogens is 1. The summed E-state index contributed by atoms with van der Waals surface area (Å²) in [6.07, 6.45) is 0. The van der Waals surface area contributed by atoms with Gasteiger partial charge in [-0.25, -0.2) is 14.4 Å². The Balaban J connectivity index is 1.98. The molecule has 0 radical (unpaired) electrons. The number of nitrogens with zero attached hydrogens (tertiary/aromatic N) is 2. The third kappa shape index (κ3) is 4.88. The Kier molecular flexibility index (Phi) is 5.76. The van der Waals surface area contributed by atoms with Crippen molar-refractivity contribution in [3.05, 3.63) is 72.2 Å². The lowest BCUT2D eigenvalue weighted by Crippen LogP contribution is -2.28. The molecule has 1 amide bonds. The number of benzene rings is 2. The fourth-order valence-electron chi connectivity index (χ4n) is 2.43. The molecule has 0 spiro atoms. The molecule has 1 heterocycles. The molecule has 0 atom stereocenters. The number of hydrogen-bond donors (Lipinski definition) is 2. The van der Waals surface area contributed by atoms with Gasteiger partial charge in [0.2, 0.25) is 0 Å². The molecule has 0 unspecified atom stereocenters. The van der Waals surface area contributed by atoms with Gasteiger partial charge in [-0.3, -0.25) is 4.79 Å². The molecule has 27 heavy (non-hydrogen) atoms. The third-order valence-corrected chi connectivity index (χ3v) is 3.80. The van der Waals surface area contributed by atoms with Crippen LogP contribution in [0.2, 0.25) is 0 Å². The molecule has 2 aromatic carbocycles. The number of anilines is 2. The first-order valence-corrected chi connectivity index (χ1v) is 8.77. The summed E-state index contributed by atoms with van der Waals surface area (Å²) in [4.78, 5) is 21.3. The van der Waals surface area contributed by atoms with Crippen LogP contribution in [0.15, 0.2) is 60.7 Å². The van der Waals surface area contributed by atoms with E-state index in [1.165, 1.54) is 12.1 Å². The number of aromatic nitrogens is 2. The predicted octanol–water partition coefficient (Wildman–Crippen LogP) is 4.41. The Bertz CT molecular complexity index is 928. The van der Waals surface area contributed by atoms with E-state index in [0.717, 1.165) is 5.56 Å². The normalized spacial score (nSPS) is 10.7. The standard InChI is InChI=1S/C21H21FN4O/c1-14(2)13-23-21(27)18-12-19(24-17-11-7-6-10-16(17)22)26-20(25-18)15-8-4-3-5-9-15/h3-12,14H,13H2,1-2H3,(H,23,27)(H,24,25,26). The lowest BCUT2D eigenvalue weighted by molar-refractivity contribution is 0.0944. The SMILES string of the molecule is CC(C)CNC(=O)c1cc(Nc2ccccc2F)nc(-c2ccccc2)n1. The van der Waals surface area contributed by atoms with Gasteiger partial charge in [-0.1, -0.05) is 56.3 Å². The van der Waals surface area contributed by atoms with Gasteiger partial charge in [0.15, 0.2) is 5.82 Å². The Hall–Kier alpha value is -3.28. The highest BCUT2D eigenvalue weighted by Crippen LogP contribution is 2.22. The zero-order valence-electron chi connectivity index (χ0n) is 15.2. The molecule has 0 aliphatic rings. The number of carbonyl (C=O) groups is 1. The van der Waals surface area contributed by atoms with Crippen molar-refractivity contribution in [1.29, 1.82) is 0 Å². The molecule has 0 saturated heterocycles. The van der Waals surface area contributed by atoms with Crippen molar-refractivity contribution >= 4 is 17.4 Å². The molecule has 3 rings (SSSR count). The van der Waals surface area contributed by atoms with E-state index in [1.54, 1.807) is 18.2 Å². The van der Waals surface area contributed by atoms with Crippen molar-refractivity contribution in [2.75, 3.05) is 11.9 Å². The highest BCUT2D eigenvalue weighted by Gasteiger charge is 2.14. The summed E-state index contributed by atoms with van der Waals surface area (Å²) in [5, 5.41) is 5.78. The van der Waals surface area contributed by atoms with Crippen LogP contribution in [-0.2, 0) is 0 Å². The van der Waals surface area contributed by atoms with Crippen LogP contribution in [0.4, 0.5) is 15.9 Å². The maximum absolute atomic E-state index is 14.0. The smallest absolute Gasteiger partial charge is 0.270 e. The van der Waals surface area contributed by atoms with Crippen LogP contribution < -0.4 is 10.6 Å². The van der Waals surface area contributed by atoms with E-state index in [1.807, 2.05) is 44.2 Å². The molecular weight excluding hydrogens is 343 g/mol. The van der Waals surface area contributed by atoms with Crippen LogP contribution in [0.3, 0.4) is 0 Å². The lowest BCUT2D eigenvalue weighted by atomic mass is 10.2. The van der Waals surface area contributed by atoms with Crippen molar-refractivity contribution in [2.45, 2.75) is 13.8 Å². The second-order valence-electron chi connectivity index (χ2n) is 6.54. The highest BCUT2D eigenvalue weighted by molar-refractivity contribution is 5.93. The quantitative estimate of drug-likeness (QED) is 0.680. The van der Waals surface area contributed by atoms with Gasteiger partial charge in [-0.05, 0) is 18.1 Å². The van der Waals surface area contributed by atoms with E-state index in [0.29, 0.717) is 24.1 Å². The number of nitrogens with one attached hydrogen (secondary N) is 2. The van der Waals surface area contributed by atoms with E-state index in [9.17, 15) is 9.18 Å². The van der Waals surface area contributed by atoms with Gasteiger partial charge in [0.1, 0.15) is 17.3 Å². The summed E-state index contributed by atoms with van der Waals surface area (Å²) in [5.41, 5.74) is 1.28. The number of hydrogen-bond acceptors (Lipinski definition) is 4. The topological polar surface area (TPSA) is 66.9 Å². The van der Waals surface area contributed by atoms with E-state index < -0.39 is 5.82 Å². The summed E-state index contributed by atoms with van der Waals surface area (Å²) < 4.78 is 14.0. The number of rotatable bonds is 6. The van der Waals surface area contributed by atoms with Crippen molar-refractivity contribution in [2.24, 2.45) is 5.92 Å². The molecule has 138 valence electrons. The number of carbonyl (C=O) groups excluding carboxylic acids is 1. The Morgan fingerprint density at radius 1 is 1.04 bits per heavy atom. The maximum atomic E-state index is 14.0. The van der Waals surface area contributed by atoms with Crippen molar-refractivity contribution < 1.29 is 9.18 Å². The molecular formula is C21H21FN4O. The van der Waals surface area contributed by atoms with E-state index in [4.69, 9.17) is 0 Å². The second kappa shape index (κ2) is 8.40. The van der Waals surface area contributed by atoms with Gasteiger partial charge in [-0.2, -0.15) is 0 Å². The molecule has 0 saturated carbocycles. The maximum Gasteiger partial charge on any atom is 0.270 e. The van der Waals surface area contributed by atoms with Crippen LogP contribution in [0.25, 0.3) is 11.4 Å². The minimum Gasteiger partial charge on any atom is -0.350 e. The van der Waals surface area contributed by atoms with Gasteiger partial charge >= 0.3 is 0 Å². The molecule has 5 nitrogen and oxygen atoms in total. The fraction of sp³-hybridized carbons (Fsp3) is 0.190. The molecule has 0 aliphatic carbocycles. The largest absolute Gasteiger partial charge is 0.350 e. The molecule has 0 aliphatic heterocycles. The highest BCUT2D eigenvalue weighted by atomic mass is 19.1. The first-order chi connectivity index (χ1) is 13.0. The van der Waals surface area contributed by atoms with Gasteiger partial charge in [0.05, 0.1) is 5.69 Å². The summed E-state index contributed by atoms with van der Waals surface area (Å²) in [6.45, 7) is 4.57. The van der Waals surface area contributed by atoms with Crippen molar-refractivity contribution in [3.8, 4) is 11.4 Å². The van der Waals surface area contributed by atoms with Gasteiger partial charge in [0, 0.05) is 18.2 Å². The van der Waals surface area contributed by atoms with Crippen LogP contribution >= 0.6 is 0 Å². The summed E-state index contributed by atoms with van der Waals surface area (Å²) >= 11 is 0. The monoisotopic (exact) mass is 364 g/mol. The van der Waals surface area contributed by atoms with Crippen LogP contribution in [0, 0.1) is 11.7 Å². The van der Waals surface area contributed by atoms with Crippen LogP contribution in [-0.4, -0.2) is 22.4 Å². The fourth-order valence-corrected chi connectivity index (χ4v) is 2.43. The zero-order valence-corrected chi connectivity index (χ0v) is 15.2. The summed E-state index contributed by atoms with van der Waals surface area (Å²) in [6, 6.07) is 17.2. The number of amides is 1. The Morgan fingerprint density at radius 2 is 1.74 bits per heavy atom. The Morgan fingerprint density at radius 3 is 2.44 bits per heavy atom. The second-order valence-corrected chi connectivity index (χ2v) is 6.54. The third-order valence-electron chi connectivity index (χ3n) is 3.80. The average Bonchev–Trinajstić information content (AvgIpc) is 2.68. The lowest BCUT2D eigenvalue weighted by Gasteiger charge is -2.12. The predicted molar refractivity (Wildman–Crippen MR) is 104 cm³/mol. The molecule has 0 fully saturated rings. The zero-order chi connectivity index (χ0) is 19.2. The van der Waals surface area contributed by atoms with E-state index in [2.05, 4.69) is 20.6 Å². The molecule has 2 N–H and O–H groups in total. The Labute approximate surface area is 157 Å². The average molecular weight is 364 g/mol. The summed E-state index contributed by atoms with van der Waals surface area (Å²) in [7, 11) is 0. The van der Waals surface area contributed by atoms with E-state index in [-0.39, 0.29) is 17.3 Å². The molecule has 6 heteroatoms. The number of para-hydroxylation sites is 1. The first-order valence-electron chi connectivity index (χ1n) is 8.77. The van der Waals surface area contributed by atoms with Gasteiger partial charge in [-0.15, -0.1) is 0 Å². The first kappa shape index (κ1) is 18.5. The van der Waals surface area contributed by atoms with E-state index >= 15 is 0 Å². The van der Waals surface area contributed by atoms with Crippen LogP contribution in [0.1, 0.15) is 24.3 Å². The molecule has 0 bridgehead atoms. The molecule has 3 aromatic rings. The minimum absolute atomic E-state index is 0.225. The van der Waals surface area contributed by atoms with Crippen LogP contribution in [0.5, 0.6) is 0 Å². The van der Waals surface area contributed by atoms with Crippen molar-refractivity contribution in [1.82, 2.24) is 15.3 Å². The minimum atomic E-state index is -0.400. The van der Waals surface area contributed by atoms with Crippen molar-refractivity contribution in [3.63, 3.8) is 0 Å². The summed E-state index contributed by atoms with van der Waals surface area (Å²) in [5.74, 6) is 0.374. The van der Waals surface area contributed by atoms with Gasteiger partial charge < -0.3 is 10.6 Å².